The highest BCUT2D eigenvalue weighted by Crippen LogP contribution is 2.62. The fourth-order valence-corrected chi connectivity index (χ4v) is 5.83. The number of aliphatic hydroxyl groups is 1. The van der Waals surface area contributed by atoms with Crippen molar-refractivity contribution in [2.24, 2.45) is 0 Å². The summed E-state index contributed by atoms with van der Waals surface area (Å²) in [5.74, 6) is 5.93. The van der Waals surface area contributed by atoms with Gasteiger partial charge in [0, 0.05) is 4.88 Å². The van der Waals surface area contributed by atoms with Gasteiger partial charge >= 0.3 is 0 Å². The maximum atomic E-state index is 9.81. The Balaban J connectivity index is 2.33. The molecule has 0 amide bonds. The first-order chi connectivity index (χ1) is 8.08. The van der Waals surface area contributed by atoms with Crippen LogP contribution in [0.15, 0.2) is 23.6 Å². The molecule has 91 valence electrons. The number of allylic oxidation sites excluding steroid dienone is 1. The van der Waals surface area contributed by atoms with Crippen molar-refractivity contribution in [3.05, 3.63) is 33.4 Å². The molecule has 1 aromatic heterocycles. The number of thiophene rings is 1. The Morgan fingerprint density at radius 1 is 1.59 bits per heavy atom. The van der Waals surface area contributed by atoms with Crippen LogP contribution in [0.3, 0.4) is 0 Å². The molecule has 1 aliphatic rings. The van der Waals surface area contributed by atoms with E-state index in [0.29, 0.717) is 0 Å². The number of alkyl halides is 1. The molecule has 0 saturated carbocycles. The molecule has 1 aromatic rings. The lowest BCUT2D eigenvalue weighted by Crippen LogP contribution is -2.18. The van der Waals surface area contributed by atoms with Gasteiger partial charge in [0.15, 0.2) is 0 Å². The zero-order chi connectivity index (χ0) is 12.5. The molecule has 2 rings (SSSR count). The summed E-state index contributed by atoms with van der Waals surface area (Å²) >= 11 is 8.35. The second kappa shape index (κ2) is 5.07. The zero-order valence-electron chi connectivity index (χ0n) is 9.74. The fraction of sp³-hybridized carbons (Fsp3) is 0.385. The summed E-state index contributed by atoms with van der Waals surface area (Å²) in [5.41, 5.74) is -0.408. The second-order valence-electron chi connectivity index (χ2n) is 3.81. The summed E-state index contributed by atoms with van der Waals surface area (Å²) in [6.07, 6.45) is 2.84. The minimum Gasteiger partial charge on any atom is -0.383 e. The van der Waals surface area contributed by atoms with Gasteiger partial charge in [-0.1, -0.05) is 12.0 Å². The van der Waals surface area contributed by atoms with Crippen molar-refractivity contribution in [3.63, 3.8) is 0 Å². The number of aliphatic hydroxyl groups excluding tert-OH is 1. The van der Waals surface area contributed by atoms with Crippen molar-refractivity contribution in [2.75, 3.05) is 0 Å². The van der Waals surface area contributed by atoms with Crippen LogP contribution in [0.25, 0.3) is 0 Å². The quantitative estimate of drug-likeness (QED) is 0.642. The molecule has 2 unspecified atom stereocenters. The molecule has 0 saturated heterocycles. The summed E-state index contributed by atoms with van der Waals surface area (Å²) in [6, 6.07) is 4.04. The van der Waals surface area contributed by atoms with E-state index in [4.69, 9.17) is 11.6 Å². The number of hydrogen-bond donors (Lipinski definition) is 1. The molecule has 1 N–H and O–H groups in total. The van der Waals surface area contributed by atoms with Gasteiger partial charge in [0.05, 0.1) is 10.3 Å². The van der Waals surface area contributed by atoms with Gasteiger partial charge in [0.25, 0.3) is 0 Å². The van der Waals surface area contributed by atoms with Gasteiger partial charge in [-0.15, -0.1) is 39.8 Å². The van der Waals surface area contributed by atoms with Gasteiger partial charge in [-0.25, -0.2) is 0 Å². The molecular weight excluding hydrogens is 272 g/mol. The van der Waals surface area contributed by atoms with E-state index >= 15 is 0 Å². The van der Waals surface area contributed by atoms with E-state index in [1.165, 1.54) is 0 Å². The van der Waals surface area contributed by atoms with Gasteiger partial charge in [-0.3, -0.25) is 0 Å². The highest BCUT2D eigenvalue weighted by molar-refractivity contribution is 8.21. The molecule has 2 atom stereocenters. The van der Waals surface area contributed by atoms with E-state index in [9.17, 15) is 5.11 Å². The number of hydrogen-bond acceptors (Lipinski definition) is 2. The average Bonchev–Trinajstić information content (AvgIpc) is 2.86. The van der Waals surface area contributed by atoms with Crippen LogP contribution in [0.2, 0.25) is 0 Å². The van der Waals surface area contributed by atoms with Gasteiger partial charge in [-0.2, -0.15) is 0 Å². The van der Waals surface area contributed by atoms with E-state index in [0.717, 1.165) is 16.2 Å². The Kier molecular flexibility index (Phi) is 3.89. The Morgan fingerprint density at radius 3 is 3.00 bits per heavy atom. The van der Waals surface area contributed by atoms with Crippen LogP contribution >= 0.6 is 33.8 Å². The lowest BCUT2D eigenvalue weighted by Gasteiger charge is -2.31. The zero-order valence-corrected chi connectivity index (χ0v) is 12.1. The molecule has 1 nitrogen and oxygen atoms in total. The van der Waals surface area contributed by atoms with Crippen LogP contribution in [0.4, 0.5) is 0 Å². The summed E-state index contributed by atoms with van der Waals surface area (Å²) in [5, 5.41) is 11.9. The Hall–Kier alpha value is -0.400. The van der Waals surface area contributed by atoms with Crippen molar-refractivity contribution in [1.29, 1.82) is 0 Å². The second-order valence-corrected chi connectivity index (χ2v) is 8.16. The van der Waals surface area contributed by atoms with E-state index in [1.54, 1.807) is 18.3 Å². The number of halogens is 1. The SMILES string of the molecule is CC#Cc1ccc(C2(Cl)CC=C[S]2C(C)O)s1. The van der Waals surface area contributed by atoms with Crippen molar-refractivity contribution < 1.29 is 5.11 Å². The first-order valence-corrected chi connectivity index (χ1v) is 7.91. The molecule has 2 heterocycles. The molecule has 0 fully saturated rings. The molecule has 0 spiro atoms. The Bertz CT molecular complexity index is 495. The van der Waals surface area contributed by atoms with Crippen LogP contribution < -0.4 is 0 Å². The average molecular weight is 286 g/mol. The first-order valence-electron chi connectivity index (χ1n) is 5.36. The van der Waals surface area contributed by atoms with Gasteiger partial charge in [0.1, 0.15) is 4.21 Å². The summed E-state index contributed by atoms with van der Waals surface area (Å²) in [4.78, 5) is 2.13. The summed E-state index contributed by atoms with van der Waals surface area (Å²) in [6.45, 7) is 3.63. The van der Waals surface area contributed by atoms with Gasteiger partial charge in [0.2, 0.25) is 0 Å². The fourth-order valence-electron chi connectivity index (χ4n) is 1.84. The van der Waals surface area contributed by atoms with E-state index < -0.39 is 9.64 Å². The van der Waals surface area contributed by atoms with Crippen LogP contribution in [0, 0.1) is 11.8 Å². The highest BCUT2D eigenvalue weighted by Gasteiger charge is 2.41. The molecule has 0 aromatic carbocycles. The Labute approximate surface area is 114 Å². The van der Waals surface area contributed by atoms with Gasteiger partial charge in [-0.05, 0) is 37.8 Å². The molecule has 1 aliphatic heterocycles. The minimum absolute atomic E-state index is 0.321. The molecule has 4 heteroatoms. The highest BCUT2D eigenvalue weighted by atomic mass is 35.5. The van der Waals surface area contributed by atoms with E-state index in [-0.39, 0.29) is 10.9 Å². The maximum absolute atomic E-state index is 9.81. The Morgan fingerprint density at radius 2 is 2.35 bits per heavy atom. The van der Waals surface area contributed by atoms with Crippen molar-refractivity contribution >= 4 is 33.8 Å². The third-order valence-corrected chi connectivity index (χ3v) is 7.24. The van der Waals surface area contributed by atoms with Crippen LogP contribution in [-0.2, 0) is 4.21 Å². The smallest absolute Gasteiger partial charge is 0.125 e. The third-order valence-electron chi connectivity index (χ3n) is 2.59. The molecule has 1 radical (unpaired) electrons. The minimum atomic E-state index is -0.466. The largest absolute Gasteiger partial charge is 0.383 e. The lowest BCUT2D eigenvalue weighted by molar-refractivity contribution is 0.281. The maximum Gasteiger partial charge on any atom is 0.125 e. The molecule has 0 bridgehead atoms. The third kappa shape index (κ3) is 2.41. The molecular formula is C13H14ClOS2. The van der Waals surface area contributed by atoms with Gasteiger partial charge < -0.3 is 5.11 Å². The molecule has 0 aliphatic carbocycles. The molecule has 17 heavy (non-hydrogen) atoms. The number of rotatable bonds is 2. The predicted octanol–water partition coefficient (Wildman–Crippen LogP) is 4.04. The topological polar surface area (TPSA) is 20.2 Å². The van der Waals surface area contributed by atoms with Crippen molar-refractivity contribution in [2.45, 2.75) is 29.9 Å². The monoisotopic (exact) mass is 285 g/mol. The first kappa shape index (κ1) is 13.0. The van der Waals surface area contributed by atoms with Crippen molar-refractivity contribution in [3.8, 4) is 11.8 Å². The summed E-state index contributed by atoms with van der Waals surface area (Å²) < 4.78 is -0.466. The van der Waals surface area contributed by atoms with Crippen LogP contribution in [0.5, 0.6) is 0 Å². The van der Waals surface area contributed by atoms with Crippen LogP contribution in [-0.4, -0.2) is 10.5 Å². The predicted molar refractivity (Wildman–Crippen MR) is 77.4 cm³/mol. The van der Waals surface area contributed by atoms with Crippen molar-refractivity contribution in [1.82, 2.24) is 0 Å². The summed E-state index contributed by atoms with van der Waals surface area (Å²) in [7, 11) is -0.321. The lowest BCUT2D eigenvalue weighted by atomic mass is 10.2. The van der Waals surface area contributed by atoms with E-state index in [2.05, 4.69) is 17.9 Å². The van der Waals surface area contributed by atoms with Crippen LogP contribution in [0.1, 0.15) is 30.0 Å². The normalized spacial score (nSPS) is 25.6. The standard InChI is InChI=1S/C13H14ClOS2/c1-3-5-11-6-7-12(16-11)13(14)8-4-9-17(13)10(2)15/h4,6-7,9-10,15H,8H2,1-2H3. The van der Waals surface area contributed by atoms with E-state index in [1.807, 2.05) is 24.5 Å².